The van der Waals surface area contributed by atoms with E-state index in [2.05, 4.69) is 14.8 Å². The fraction of sp³-hybridized carbons (Fsp3) is 0.143. The molecule has 0 atom stereocenters. The average Bonchev–Trinajstić information content (AvgIpc) is 3.50. The van der Waals surface area contributed by atoms with Gasteiger partial charge in [0.15, 0.2) is 17.3 Å². The molecule has 5 aromatic rings. The number of nitrogens with two attached hydrogens (primary N) is 1. The van der Waals surface area contributed by atoms with Crippen LogP contribution in [0.1, 0.15) is 11.6 Å². The summed E-state index contributed by atoms with van der Waals surface area (Å²) in [5, 5.41) is 8.88. The lowest BCUT2D eigenvalue weighted by Crippen LogP contribution is -2.16. The topological polar surface area (TPSA) is 113 Å². The van der Waals surface area contributed by atoms with Gasteiger partial charge < -0.3 is 9.15 Å². The lowest BCUT2D eigenvalue weighted by atomic mass is 9.94. The summed E-state index contributed by atoms with van der Waals surface area (Å²) in [6.45, 7) is 1.53. The second kappa shape index (κ2) is 10.6. The SMILES string of the molecule is Cc1nc(-c2ccc(OC(F)(F)F)cc2)c(-c2cc(-c3cccc(S(N)(=O)=O)c3)ccc2-c2cc(C(F)(F)F)nn2C)o1. The molecule has 0 bridgehead atoms. The number of ether oxygens (including phenoxy) is 1. The minimum Gasteiger partial charge on any atom is -0.440 e. The first kappa shape index (κ1) is 29.8. The number of rotatable bonds is 6. The normalized spacial score (nSPS) is 12.5. The van der Waals surface area contributed by atoms with Gasteiger partial charge in [-0.1, -0.05) is 24.3 Å². The molecule has 43 heavy (non-hydrogen) atoms. The Morgan fingerprint density at radius 2 is 1.51 bits per heavy atom. The van der Waals surface area contributed by atoms with Crippen LogP contribution in [0.4, 0.5) is 26.3 Å². The molecule has 3 aromatic carbocycles. The van der Waals surface area contributed by atoms with Crippen molar-refractivity contribution in [3.05, 3.63) is 84.4 Å². The molecule has 0 fully saturated rings. The first-order valence-electron chi connectivity index (χ1n) is 12.2. The Balaban J connectivity index is 1.72. The number of aromatic nitrogens is 3. The summed E-state index contributed by atoms with van der Waals surface area (Å²) in [5.41, 5.74) is 0.841. The number of hydrogen-bond acceptors (Lipinski definition) is 6. The van der Waals surface area contributed by atoms with Gasteiger partial charge >= 0.3 is 12.5 Å². The molecular formula is C28H20F6N4O4S. The van der Waals surface area contributed by atoms with Gasteiger partial charge in [0.05, 0.1) is 10.6 Å². The van der Waals surface area contributed by atoms with Crippen LogP contribution >= 0.6 is 0 Å². The van der Waals surface area contributed by atoms with E-state index in [1.807, 2.05) is 0 Å². The van der Waals surface area contributed by atoms with Crippen molar-refractivity contribution in [2.45, 2.75) is 24.4 Å². The molecule has 0 aliphatic rings. The number of sulfonamides is 1. The van der Waals surface area contributed by atoms with Gasteiger partial charge in [0, 0.05) is 30.7 Å². The van der Waals surface area contributed by atoms with Crippen molar-refractivity contribution in [3.63, 3.8) is 0 Å². The van der Waals surface area contributed by atoms with Gasteiger partial charge in [-0.05, 0) is 59.7 Å². The summed E-state index contributed by atoms with van der Waals surface area (Å²) >= 11 is 0. The average molecular weight is 623 g/mol. The molecule has 0 saturated heterocycles. The zero-order valence-electron chi connectivity index (χ0n) is 22.2. The van der Waals surface area contributed by atoms with Gasteiger partial charge in [-0.25, -0.2) is 18.5 Å². The summed E-state index contributed by atoms with van der Waals surface area (Å²) in [6, 6.07) is 16.1. The highest BCUT2D eigenvalue weighted by atomic mass is 32.2. The second-order valence-electron chi connectivity index (χ2n) is 9.35. The molecule has 0 saturated carbocycles. The van der Waals surface area contributed by atoms with Gasteiger partial charge in [-0.15, -0.1) is 13.2 Å². The van der Waals surface area contributed by atoms with E-state index in [-0.39, 0.29) is 39.1 Å². The number of oxazole rings is 1. The van der Waals surface area contributed by atoms with E-state index in [1.165, 1.54) is 50.4 Å². The maximum Gasteiger partial charge on any atom is 0.573 e. The van der Waals surface area contributed by atoms with Gasteiger partial charge in [-0.3, -0.25) is 4.68 Å². The number of halogens is 6. The van der Waals surface area contributed by atoms with E-state index >= 15 is 0 Å². The standard InChI is InChI=1S/C28H20F6N4O4S/c1-15-36-25(16-6-9-19(10-7-16)42-28(32,33)34)26(41-15)22-13-18(17-4-3-5-20(12-17)43(35,39)40)8-11-21(22)23-14-24(27(29,30)31)37-38(23)2/h3-14H,1-2H3,(H2,35,39,40). The van der Waals surface area contributed by atoms with E-state index < -0.39 is 34.0 Å². The van der Waals surface area contributed by atoms with Crippen LogP contribution in [0.25, 0.3) is 45.0 Å². The van der Waals surface area contributed by atoms with E-state index in [0.29, 0.717) is 16.7 Å². The second-order valence-corrected chi connectivity index (χ2v) is 10.9. The molecule has 2 N–H and O–H groups in total. The van der Waals surface area contributed by atoms with Crippen LogP contribution in [-0.2, 0) is 23.2 Å². The molecule has 0 unspecified atom stereocenters. The Morgan fingerprint density at radius 3 is 2.12 bits per heavy atom. The number of aryl methyl sites for hydroxylation is 2. The molecule has 0 aliphatic carbocycles. The van der Waals surface area contributed by atoms with Gasteiger partial charge in [0.25, 0.3) is 0 Å². The lowest BCUT2D eigenvalue weighted by Gasteiger charge is -2.13. The fourth-order valence-corrected chi connectivity index (χ4v) is 5.02. The van der Waals surface area contributed by atoms with Gasteiger partial charge in [-0.2, -0.15) is 18.3 Å². The Hall–Kier alpha value is -4.63. The van der Waals surface area contributed by atoms with Crippen molar-refractivity contribution in [1.29, 1.82) is 0 Å². The van der Waals surface area contributed by atoms with E-state index in [0.717, 1.165) is 22.9 Å². The maximum atomic E-state index is 13.5. The van der Waals surface area contributed by atoms with Crippen LogP contribution in [0.2, 0.25) is 0 Å². The Kier molecular flexibility index (Phi) is 7.34. The summed E-state index contributed by atoms with van der Waals surface area (Å²) < 4.78 is 113. The van der Waals surface area contributed by atoms with E-state index in [4.69, 9.17) is 9.56 Å². The van der Waals surface area contributed by atoms with Crippen LogP contribution in [0.15, 0.2) is 82.1 Å². The maximum absolute atomic E-state index is 13.5. The molecule has 15 heteroatoms. The van der Waals surface area contributed by atoms with E-state index in [1.54, 1.807) is 18.2 Å². The van der Waals surface area contributed by atoms with Crippen LogP contribution in [0.5, 0.6) is 5.75 Å². The summed E-state index contributed by atoms with van der Waals surface area (Å²) in [4.78, 5) is 4.23. The molecule has 2 heterocycles. The Bertz CT molecular complexity index is 1930. The summed E-state index contributed by atoms with van der Waals surface area (Å²) in [5.74, 6) is -0.213. The Labute approximate surface area is 240 Å². The van der Waals surface area contributed by atoms with Crippen LogP contribution in [0.3, 0.4) is 0 Å². The minimum absolute atomic E-state index is 0.0705. The third-order valence-corrected chi connectivity index (χ3v) is 7.21. The predicted molar refractivity (Wildman–Crippen MR) is 143 cm³/mol. The number of primary sulfonamides is 1. The zero-order valence-corrected chi connectivity index (χ0v) is 23.0. The van der Waals surface area contributed by atoms with Crippen LogP contribution < -0.4 is 9.88 Å². The van der Waals surface area contributed by atoms with Crippen molar-refractivity contribution in [1.82, 2.24) is 14.8 Å². The summed E-state index contributed by atoms with van der Waals surface area (Å²) in [7, 11) is -2.71. The molecule has 0 aliphatic heterocycles. The van der Waals surface area contributed by atoms with Crippen molar-refractivity contribution in [2.24, 2.45) is 12.2 Å². The molecule has 224 valence electrons. The quantitative estimate of drug-likeness (QED) is 0.205. The first-order chi connectivity index (χ1) is 20.0. The third kappa shape index (κ3) is 6.41. The highest BCUT2D eigenvalue weighted by Crippen LogP contribution is 2.42. The number of alkyl halides is 6. The monoisotopic (exact) mass is 622 g/mol. The predicted octanol–water partition coefficient (Wildman–Crippen LogP) is 6.95. The van der Waals surface area contributed by atoms with Crippen molar-refractivity contribution in [2.75, 3.05) is 0 Å². The first-order valence-corrected chi connectivity index (χ1v) is 13.8. The van der Waals surface area contributed by atoms with Crippen LogP contribution in [-0.4, -0.2) is 29.5 Å². The molecule has 0 amide bonds. The minimum atomic E-state index is -4.90. The van der Waals surface area contributed by atoms with Gasteiger partial charge in [0.1, 0.15) is 11.4 Å². The van der Waals surface area contributed by atoms with Gasteiger partial charge in [0.2, 0.25) is 10.0 Å². The van der Waals surface area contributed by atoms with Crippen molar-refractivity contribution >= 4 is 10.0 Å². The highest BCUT2D eigenvalue weighted by Gasteiger charge is 2.35. The third-order valence-electron chi connectivity index (χ3n) is 6.30. The van der Waals surface area contributed by atoms with E-state index in [9.17, 15) is 34.8 Å². The number of benzene rings is 3. The Morgan fingerprint density at radius 1 is 0.860 bits per heavy atom. The number of hydrogen-bond donors (Lipinski definition) is 1. The molecular weight excluding hydrogens is 602 g/mol. The lowest BCUT2D eigenvalue weighted by molar-refractivity contribution is -0.274. The molecule has 0 radical (unpaired) electrons. The largest absolute Gasteiger partial charge is 0.573 e. The number of nitrogens with zero attached hydrogens (tertiary/aromatic N) is 3. The highest BCUT2D eigenvalue weighted by molar-refractivity contribution is 7.89. The molecule has 0 spiro atoms. The molecule has 5 rings (SSSR count). The van der Waals surface area contributed by atoms with Crippen molar-refractivity contribution in [3.8, 4) is 50.7 Å². The molecule has 8 nitrogen and oxygen atoms in total. The smallest absolute Gasteiger partial charge is 0.440 e. The fourth-order valence-electron chi connectivity index (χ4n) is 4.47. The summed E-state index contributed by atoms with van der Waals surface area (Å²) in [6.07, 6.45) is -9.62. The molecule has 2 aromatic heterocycles. The van der Waals surface area contributed by atoms with Crippen LogP contribution in [0, 0.1) is 6.92 Å². The zero-order chi connectivity index (χ0) is 31.3. The van der Waals surface area contributed by atoms with Crippen molar-refractivity contribution < 1.29 is 43.9 Å².